The summed E-state index contributed by atoms with van der Waals surface area (Å²) in [4.78, 5) is 8.41. The lowest BCUT2D eigenvalue weighted by Gasteiger charge is -2.22. The van der Waals surface area contributed by atoms with Gasteiger partial charge in [0.25, 0.3) is 0 Å². The van der Waals surface area contributed by atoms with Gasteiger partial charge in [-0.05, 0) is 32.0 Å². The molecule has 23 heavy (non-hydrogen) atoms. The first-order valence-electron chi connectivity index (χ1n) is 7.47. The zero-order valence-corrected chi connectivity index (χ0v) is 12.4. The van der Waals surface area contributed by atoms with Crippen molar-refractivity contribution < 1.29 is 13.2 Å². The molecule has 0 spiro atoms. The number of halogens is 3. The molecule has 1 aromatic carbocycles. The summed E-state index contributed by atoms with van der Waals surface area (Å²) in [7, 11) is 0. The second-order valence-corrected chi connectivity index (χ2v) is 5.61. The average Bonchev–Trinajstić information content (AvgIpc) is 2.54. The molecule has 0 unspecified atom stereocenters. The number of piperidine rings is 1. The third-order valence-corrected chi connectivity index (χ3v) is 4.00. The van der Waals surface area contributed by atoms with Gasteiger partial charge in [0.2, 0.25) is 0 Å². The number of aromatic nitrogens is 2. The Morgan fingerprint density at radius 2 is 1.78 bits per heavy atom. The number of rotatable bonds is 2. The molecule has 0 atom stereocenters. The smallest absolute Gasteiger partial charge is 0.384 e. The number of hydrogen-bond acceptors (Lipinski definition) is 4. The highest BCUT2D eigenvalue weighted by Gasteiger charge is 2.34. The fourth-order valence-electron chi connectivity index (χ4n) is 2.86. The number of benzene rings is 1. The van der Waals surface area contributed by atoms with Crippen LogP contribution in [0.5, 0.6) is 0 Å². The van der Waals surface area contributed by atoms with Crippen molar-refractivity contribution in [3.63, 3.8) is 0 Å². The first-order valence-corrected chi connectivity index (χ1v) is 7.47. The summed E-state index contributed by atoms with van der Waals surface area (Å²) in [6.07, 6.45) is -2.69. The number of anilines is 1. The summed E-state index contributed by atoms with van der Waals surface area (Å²) in [5.41, 5.74) is 5.74. The summed E-state index contributed by atoms with van der Waals surface area (Å²) >= 11 is 0. The quantitative estimate of drug-likeness (QED) is 0.891. The van der Waals surface area contributed by atoms with Crippen LogP contribution in [-0.4, -0.2) is 23.1 Å². The van der Waals surface area contributed by atoms with Crippen LogP contribution in [0.2, 0.25) is 0 Å². The molecular weight excluding hydrogens is 305 g/mol. The molecule has 0 bridgehead atoms. The summed E-state index contributed by atoms with van der Waals surface area (Å²) in [5.74, 6) is 0.422. The molecule has 1 fully saturated rings. The van der Waals surface area contributed by atoms with Crippen LogP contribution in [-0.2, 0) is 6.18 Å². The zero-order valence-electron chi connectivity index (χ0n) is 12.4. The lowest BCUT2D eigenvalue weighted by Crippen LogP contribution is -2.27. The van der Waals surface area contributed by atoms with E-state index in [0.717, 1.165) is 32.0 Å². The Hall–Kier alpha value is -2.15. The van der Waals surface area contributed by atoms with Crippen molar-refractivity contribution in [1.29, 1.82) is 0 Å². The lowest BCUT2D eigenvalue weighted by molar-refractivity contribution is -0.137. The third kappa shape index (κ3) is 3.44. The molecule has 7 heteroatoms. The molecule has 1 aliphatic rings. The topological polar surface area (TPSA) is 63.8 Å². The van der Waals surface area contributed by atoms with E-state index in [9.17, 15) is 13.2 Å². The maximum absolute atomic E-state index is 13.2. The molecule has 0 amide bonds. The molecule has 1 saturated heterocycles. The summed E-state index contributed by atoms with van der Waals surface area (Å²) < 4.78 is 39.6. The fraction of sp³-hybridized carbons (Fsp3) is 0.375. The van der Waals surface area contributed by atoms with Crippen molar-refractivity contribution in [1.82, 2.24) is 15.3 Å². The van der Waals surface area contributed by atoms with Gasteiger partial charge in [0.05, 0.1) is 5.56 Å². The van der Waals surface area contributed by atoms with Gasteiger partial charge in [0.1, 0.15) is 5.82 Å². The van der Waals surface area contributed by atoms with Gasteiger partial charge in [-0.2, -0.15) is 13.2 Å². The largest absolute Gasteiger partial charge is 0.417 e. The summed E-state index contributed by atoms with van der Waals surface area (Å²) in [6.45, 7) is 1.73. The van der Waals surface area contributed by atoms with Gasteiger partial charge in [0.15, 0.2) is 5.82 Å². The molecule has 1 aromatic heterocycles. The maximum Gasteiger partial charge on any atom is 0.417 e. The SMILES string of the molecule is Nc1cc(C2CCNCC2)nc(-c2ccccc2C(F)(F)F)n1. The molecule has 0 radical (unpaired) electrons. The van der Waals surface area contributed by atoms with Crippen LogP contribution in [0.4, 0.5) is 19.0 Å². The zero-order chi connectivity index (χ0) is 16.4. The van der Waals surface area contributed by atoms with Gasteiger partial charge < -0.3 is 11.1 Å². The van der Waals surface area contributed by atoms with Crippen molar-refractivity contribution in [2.75, 3.05) is 18.8 Å². The first-order chi connectivity index (χ1) is 10.9. The number of nitrogen functional groups attached to an aromatic ring is 1. The van der Waals surface area contributed by atoms with Crippen molar-refractivity contribution in [3.05, 3.63) is 41.6 Å². The minimum atomic E-state index is -4.46. The van der Waals surface area contributed by atoms with Gasteiger partial charge in [-0.3, -0.25) is 0 Å². The highest BCUT2D eigenvalue weighted by molar-refractivity contribution is 5.62. The molecule has 3 rings (SSSR count). The number of nitrogens with two attached hydrogens (primary N) is 1. The van der Waals surface area contributed by atoms with E-state index >= 15 is 0 Å². The first kappa shape index (κ1) is 15.7. The second kappa shape index (κ2) is 6.16. The van der Waals surface area contributed by atoms with E-state index in [0.29, 0.717) is 5.69 Å². The summed E-state index contributed by atoms with van der Waals surface area (Å²) in [5, 5.41) is 3.25. The molecule has 2 heterocycles. The molecule has 3 N–H and O–H groups in total. The van der Waals surface area contributed by atoms with E-state index in [1.807, 2.05) is 0 Å². The molecule has 4 nitrogen and oxygen atoms in total. The van der Waals surface area contributed by atoms with E-state index in [-0.39, 0.29) is 23.1 Å². The van der Waals surface area contributed by atoms with E-state index in [1.54, 1.807) is 12.1 Å². The number of nitrogens with one attached hydrogen (secondary N) is 1. The minimum absolute atomic E-state index is 0.0338. The lowest BCUT2D eigenvalue weighted by atomic mass is 9.94. The maximum atomic E-state index is 13.2. The number of nitrogens with zero attached hydrogens (tertiary/aromatic N) is 2. The van der Waals surface area contributed by atoms with Crippen molar-refractivity contribution in [2.24, 2.45) is 0 Å². The van der Waals surface area contributed by atoms with Crippen LogP contribution in [0.25, 0.3) is 11.4 Å². The Bertz CT molecular complexity index is 694. The molecule has 122 valence electrons. The van der Waals surface area contributed by atoms with Crippen LogP contribution in [0.1, 0.15) is 30.0 Å². The Morgan fingerprint density at radius 3 is 2.48 bits per heavy atom. The van der Waals surface area contributed by atoms with Crippen LogP contribution in [0.15, 0.2) is 30.3 Å². The monoisotopic (exact) mass is 322 g/mol. The van der Waals surface area contributed by atoms with Gasteiger partial charge in [-0.1, -0.05) is 18.2 Å². The van der Waals surface area contributed by atoms with E-state index in [2.05, 4.69) is 15.3 Å². The Kier molecular flexibility index (Phi) is 4.21. The van der Waals surface area contributed by atoms with Crippen molar-refractivity contribution in [3.8, 4) is 11.4 Å². The van der Waals surface area contributed by atoms with E-state index in [4.69, 9.17) is 5.73 Å². The van der Waals surface area contributed by atoms with E-state index < -0.39 is 11.7 Å². The fourth-order valence-corrected chi connectivity index (χ4v) is 2.86. The van der Waals surface area contributed by atoms with Gasteiger partial charge >= 0.3 is 6.18 Å². The summed E-state index contributed by atoms with van der Waals surface area (Å²) in [6, 6.07) is 6.97. The third-order valence-electron chi connectivity index (χ3n) is 4.00. The molecule has 2 aromatic rings. The Balaban J connectivity index is 2.05. The van der Waals surface area contributed by atoms with Gasteiger partial charge in [0, 0.05) is 23.2 Å². The molecule has 0 saturated carbocycles. The van der Waals surface area contributed by atoms with Crippen LogP contribution in [0.3, 0.4) is 0 Å². The molecule has 1 aliphatic heterocycles. The second-order valence-electron chi connectivity index (χ2n) is 5.61. The highest BCUT2D eigenvalue weighted by Crippen LogP contribution is 2.36. The standard InChI is InChI=1S/C16H17F3N4/c17-16(18,19)12-4-2-1-3-11(12)15-22-13(9-14(20)23-15)10-5-7-21-8-6-10/h1-4,9-10,21H,5-8H2,(H2,20,22,23). The van der Waals surface area contributed by atoms with Gasteiger partial charge in [-0.25, -0.2) is 9.97 Å². The van der Waals surface area contributed by atoms with Crippen molar-refractivity contribution in [2.45, 2.75) is 24.9 Å². The van der Waals surface area contributed by atoms with Crippen LogP contribution in [0, 0.1) is 0 Å². The van der Waals surface area contributed by atoms with Gasteiger partial charge in [-0.15, -0.1) is 0 Å². The predicted octanol–water partition coefficient (Wildman–Crippen LogP) is 3.21. The number of hydrogen-bond donors (Lipinski definition) is 2. The van der Waals surface area contributed by atoms with Crippen molar-refractivity contribution >= 4 is 5.82 Å². The Labute approximate surface area is 131 Å². The molecular formula is C16H17F3N4. The van der Waals surface area contributed by atoms with E-state index in [1.165, 1.54) is 12.1 Å². The normalized spacial score (nSPS) is 16.5. The highest BCUT2D eigenvalue weighted by atomic mass is 19.4. The van der Waals surface area contributed by atoms with Crippen LogP contribution >= 0.6 is 0 Å². The Morgan fingerprint density at radius 1 is 1.09 bits per heavy atom. The van der Waals surface area contributed by atoms with Crippen LogP contribution < -0.4 is 11.1 Å². The predicted molar refractivity (Wildman–Crippen MR) is 81.7 cm³/mol. The number of alkyl halides is 3. The average molecular weight is 322 g/mol. The molecule has 0 aliphatic carbocycles. The minimum Gasteiger partial charge on any atom is -0.384 e.